The van der Waals surface area contributed by atoms with Crippen molar-refractivity contribution in [2.75, 3.05) is 38.3 Å². The van der Waals surface area contributed by atoms with Gasteiger partial charge in [-0.15, -0.1) is 0 Å². The fourth-order valence-corrected chi connectivity index (χ4v) is 5.10. The summed E-state index contributed by atoms with van der Waals surface area (Å²) in [6.07, 6.45) is 3.61. The van der Waals surface area contributed by atoms with Crippen LogP contribution in [-0.2, 0) is 10.2 Å². The molecule has 3 aliphatic rings. The Balaban J connectivity index is 1.55. The smallest absolute Gasteiger partial charge is 0.245 e. The molecular formula is C25H30N2O5. The third-order valence-electron chi connectivity index (χ3n) is 6.74. The Bertz CT molecular complexity index is 1040. The molecule has 3 heterocycles. The predicted molar refractivity (Wildman–Crippen MR) is 121 cm³/mol. The number of aliphatic hydroxyl groups is 1. The third kappa shape index (κ3) is 3.14. The fraction of sp³-hybridized carbons (Fsp3) is 0.480. The zero-order valence-electron chi connectivity index (χ0n) is 18.6. The summed E-state index contributed by atoms with van der Waals surface area (Å²) >= 11 is 0. The largest absolute Gasteiger partial charge is 0.491 e. The Labute approximate surface area is 188 Å². The molecular weight excluding hydrogens is 408 g/mol. The predicted octanol–water partition coefficient (Wildman–Crippen LogP) is 3.27. The number of carbonyl (C=O) groups is 1. The highest BCUT2D eigenvalue weighted by Crippen LogP contribution is 2.55. The second-order valence-corrected chi connectivity index (χ2v) is 8.71. The number of nitrogens with zero attached hydrogens (tertiary/aromatic N) is 1. The number of hydrogen-bond donors (Lipinski definition) is 2. The number of nitrogens with one attached hydrogen (secondary N) is 1. The molecule has 0 aliphatic carbocycles. The number of hydrogen-bond acceptors (Lipinski definition) is 6. The first-order chi connectivity index (χ1) is 15.6. The molecule has 2 N–H and O–H groups in total. The van der Waals surface area contributed by atoms with Gasteiger partial charge in [0.2, 0.25) is 5.91 Å². The van der Waals surface area contributed by atoms with Crippen LogP contribution in [-0.4, -0.2) is 44.4 Å². The van der Waals surface area contributed by atoms with Gasteiger partial charge in [0.05, 0.1) is 0 Å². The van der Waals surface area contributed by atoms with Crippen LogP contribution in [0.4, 0.5) is 5.69 Å². The lowest BCUT2D eigenvalue weighted by Crippen LogP contribution is -2.41. The Kier molecular flexibility index (Phi) is 5.47. The van der Waals surface area contributed by atoms with E-state index in [2.05, 4.69) is 12.2 Å². The quantitative estimate of drug-likeness (QED) is 0.510. The SMILES string of the molecule is CCCCCCNC(O)c1cccc2c1C1(COc3cc4c(cc31)OCCO4)C(=O)N2C. The number of benzene rings is 2. The Hall–Kier alpha value is -2.77. The van der Waals surface area contributed by atoms with Crippen LogP contribution in [0.15, 0.2) is 30.3 Å². The lowest BCUT2D eigenvalue weighted by molar-refractivity contribution is -0.121. The summed E-state index contributed by atoms with van der Waals surface area (Å²) in [5.74, 6) is 1.81. The Morgan fingerprint density at radius 1 is 1.09 bits per heavy atom. The molecule has 2 unspecified atom stereocenters. The molecule has 1 amide bonds. The van der Waals surface area contributed by atoms with Gasteiger partial charge in [0.25, 0.3) is 0 Å². The number of likely N-dealkylation sites (N-methyl/N-ethyl adjacent to an activating group) is 1. The summed E-state index contributed by atoms with van der Waals surface area (Å²) in [5, 5.41) is 14.3. The minimum atomic E-state index is -1.02. The number of carbonyl (C=O) groups excluding carboxylic acids is 1. The number of unbranched alkanes of at least 4 members (excludes halogenated alkanes) is 3. The minimum Gasteiger partial charge on any atom is -0.491 e. The monoisotopic (exact) mass is 438 g/mol. The van der Waals surface area contributed by atoms with Crippen molar-refractivity contribution in [3.8, 4) is 17.2 Å². The normalized spacial score (nSPS) is 21.5. The summed E-state index contributed by atoms with van der Waals surface area (Å²) in [6.45, 7) is 4.03. The average molecular weight is 439 g/mol. The van der Waals surface area contributed by atoms with Crippen molar-refractivity contribution in [1.29, 1.82) is 0 Å². The van der Waals surface area contributed by atoms with Gasteiger partial charge < -0.3 is 24.2 Å². The third-order valence-corrected chi connectivity index (χ3v) is 6.74. The van der Waals surface area contributed by atoms with E-state index in [0.29, 0.717) is 42.6 Å². The average Bonchev–Trinajstić information content (AvgIpc) is 3.29. The summed E-state index contributed by atoms with van der Waals surface area (Å²) in [6, 6.07) is 9.40. The summed E-state index contributed by atoms with van der Waals surface area (Å²) in [7, 11) is 1.78. The number of ether oxygens (including phenoxy) is 3. The van der Waals surface area contributed by atoms with Crippen LogP contribution in [0.5, 0.6) is 17.2 Å². The summed E-state index contributed by atoms with van der Waals surface area (Å²) < 4.78 is 17.6. The van der Waals surface area contributed by atoms with E-state index in [1.54, 1.807) is 11.9 Å². The maximum atomic E-state index is 13.7. The van der Waals surface area contributed by atoms with Gasteiger partial charge in [-0.1, -0.05) is 38.3 Å². The highest BCUT2D eigenvalue weighted by molar-refractivity contribution is 6.11. The molecule has 0 saturated heterocycles. The lowest BCUT2D eigenvalue weighted by Gasteiger charge is -2.26. The first-order valence-electron chi connectivity index (χ1n) is 11.5. The number of aliphatic hydroxyl groups excluding tert-OH is 1. The van der Waals surface area contributed by atoms with Crippen molar-refractivity contribution in [1.82, 2.24) is 5.32 Å². The number of fused-ring (bicyclic) bond motifs is 5. The van der Waals surface area contributed by atoms with Crippen LogP contribution >= 0.6 is 0 Å². The van der Waals surface area contributed by atoms with Crippen molar-refractivity contribution in [2.24, 2.45) is 0 Å². The fourth-order valence-electron chi connectivity index (χ4n) is 5.10. The van der Waals surface area contributed by atoms with E-state index in [0.717, 1.165) is 29.7 Å². The molecule has 2 aromatic carbocycles. The van der Waals surface area contributed by atoms with Gasteiger partial charge in [-0.2, -0.15) is 0 Å². The van der Waals surface area contributed by atoms with Crippen molar-refractivity contribution < 1.29 is 24.1 Å². The molecule has 2 aromatic rings. The van der Waals surface area contributed by atoms with Crippen LogP contribution in [0.3, 0.4) is 0 Å². The summed E-state index contributed by atoms with van der Waals surface area (Å²) in [5.41, 5.74) is 2.06. The van der Waals surface area contributed by atoms with Crippen LogP contribution in [0, 0.1) is 0 Å². The van der Waals surface area contributed by atoms with Gasteiger partial charge in [0.15, 0.2) is 11.5 Å². The van der Waals surface area contributed by atoms with E-state index in [1.807, 2.05) is 30.3 Å². The van der Waals surface area contributed by atoms with Gasteiger partial charge in [-0.25, -0.2) is 0 Å². The Morgan fingerprint density at radius 3 is 2.66 bits per heavy atom. The molecule has 32 heavy (non-hydrogen) atoms. The number of anilines is 1. The zero-order chi connectivity index (χ0) is 22.3. The first kappa shape index (κ1) is 21.1. The van der Waals surface area contributed by atoms with E-state index in [1.165, 1.54) is 12.8 Å². The van der Waals surface area contributed by atoms with Crippen molar-refractivity contribution in [3.63, 3.8) is 0 Å². The van der Waals surface area contributed by atoms with Crippen molar-refractivity contribution in [3.05, 3.63) is 47.0 Å². The van der Waals surface area contributed by atoms with Gasteiger partial charge in [0, 0.05) is 35.5 Å². The second-order valence-electron chi connectivity index (χ2n) is 8.71. The zero-order valence-corrected chi connectivity index (χ0v) is 18.6. The van der Waals surface area contributed by atoms with Crippen molar-refractivity contribution in [2.45, 2.75) is 44.2 Å². The Morgan fingerprint density at radius 2 is 1.88 bits per heavy atom. The number of amides is 1. The molecule has 0 fully saturated rings. The van der Waals surface area contributed by atoms with Gasteiger partial charge in [-0.3, -0.25) is 10.1 Å². The molecule has 0 radical (unpaired) electrons. The van der Waals surface area contributed by atoms with E-state index in [4.69, 9.17) is 14.2 Å². The maximum Gasteiger partial charge on any atom is 0.245 e. The molecule has 7 nitrogen and oxygen atoms in total. The first-order valence-corrected chi connectivity index (χ1v) is 11.5. The highest BCUT2D eigenvalue weighted by Gasteiger charge is 2.58. The van der Waals surface area contributed by atoms with Crippen LogP contribution < -0.4 is 24.4 Å². The highest BCUT2D eigenvalue weighted by atomic mass is 16.6. The van der Waals surface area contributed by atoms with E-state index < -0.39 is 11.6 Å². The van der Waals surface area contributed by atoms with Crippen molar-refractivity contribution >= 4 is 11.6 Å². The van der Waals surface area contributed by atoms with Crippen LogP contribution in [0.1, 0.15) is 55.5 Å². The van der Waals surface area contributed by atoms with E-state index in [9.17, 15) is 9.90 Å². The number of rotatable bonds is 7. The lowest BCUT2D eigenvalue weighted by atomic mass is 9.74. The van der Waals surface area contributed by atoms with Gasteiger partial charge in [-0.05, 0) is 25.1 Å². The molecule has 0 bridgehead atoms. The molecule has 3 aliphatic heterocycles. The van der Waals surface area contributed by atoms with Gasteiger partial charge >= 0.3 is 0 Å². The van der Waals surface area contributed by atoms with Crippen LogP contribution in [0.25, 0.3) is 0 Å². The molecule has 0 aromatic heterocycles. The minimum absolute atomic E-state index is 0.0643. The molecule has 2 atom stereocenters. The van der Waals surface area contributed by atoms with E-state index in [-0.39, 0.29) is 12.5 Å². The van der Waals surface area contributed by atoms with E-state index >= 15 is 0 Å². The molecule has 1 spiro atoms. The topological polar surface area (TPSA) is 80.3 Å². The standard InChI is InChI=1S/C25H30N2O5/c1-3-4-5-6-10-26-23(28)16-8-7-9-18-22(16)25(24(29)27(18)2)15-32-19-14-21-20(13-17(19)25)30-11-12-31-21/h7-9,13-14,23,26,28H,3-6,10-12,15H2,1-2H3. The molecule has 170 valence electrons. The summed E-state index contributed by atoms with van der Waals surface area (Å²) in [4.78, 5) is 15.4. The molecule has 5 rings (SSSR count). The van der Waals surface area contributed by atoms with Crippen LogP contribution in [0.2, 0.25) is 0 Å². The maximum absolute atomic E-state index is 13.7. The molecule has 0 saturated carbocycles. The second kappa shape index (κ2) is 8.30. The van der Waals surface area contributed by atoms with Gasteiger partial charge in [0.1, 0.15) is 37.2 Å². The molecule has 7 heteroatoms.